The van der Waals surface area contributed by atoms with E-state index in [1.165, 1.54) is 0 Å². The lowest BCUT2D eigenvalue weighted by molar-refractivity contribution is -0.148. The van der Waals surface area contributed by atoms with Gasteiger partial charge in [0.25, 0.3) is 0 Å². The van der Waals surface area contributed by atoms with Crippen LogP contribution in [0, 0.1) is 5.92 Å². The minimum atomic E-state index is -1.41. The molecule has 2 aromatic rings. The highest BCUT2D eigenvalue weighted by atomic mass is 16.4. The number of carboxylic acids is 1. The summed E-state index contributed by atoms with van der Waals surface area (Å²) in [6, 6.07) is 14.8. The second-order valence-electron chi connectivity index (χ2n) is 14.5. The van der Waals surface area contributed by atoms with Gasteiger partial charge in [-0.25, -0.2) is 0 Å². The van der Waals surface area contributed by atoms with Crippen molar-refractivity contribution < 1.29 is 29.1 Å². The predicted octanol–water partition coefficient (Wildman–Crippen LogP) is 0.813. The third-order valence-electron chi connectivity index (χ3n) is 9.57. The van der Waals surface area contributed by atoms with Crippen molar-refractivity contribution >= 4 is 29.6 Å². The maximum absolute atomic E-state index is 14.0. The van der Waals surface area contributed by atoms with E-state index in [-0.39, 0.29) is 57.0 Å². The van der Waals surface area contributed by atoms with Crippen LogP contribution in [-0.2, 0) is 36.8 Å². The predicted molar refractivity (Wildman–Crippen MR) is 204 cm³/mol. The first-order valence-electron chi connectivity index (χ1n) is 18.8. The minimum absolute atomic E-state index is 0.00142. The molecule has 11 N–H and O–H groups in total. The second kappa shape index (κ2) is 22.0. The van der Waals surface area contributed by atoms with Crippen molar-refractivity contribution in [2.45, 2.75) is 101 Å². The highest BCUT2D eigenvalue weighted by Crippen LogP contribution is 2.21. The SMILES string of the molecule is CC(C)C[C@@H](NC(=O)[C@@H](Cc1ccccc1)NC(=O)[C@H](N)Cc1ccccc1)C(=O)N[C@H](CCCCCNCCN)C(=O)N1CCC(N)(C(=O)O)CC1. The first-order valence-corrected chi connectivity index (χ1v) is 18.8. The summed E-state index contributed by atoms with van der Waals surface area (Å²) in [5, 5.41) is 21.4. The van der Waals surface area contributed by atoms with Crippen molar-refractivity contribution in [3.05, 3.63) is 71.8 Å². The van der Waals surface area contributed by atoms with Gasteiger partial charge in [0.2, 0.25) is 23.6 Å². The van der Waals surface area contributed by atoms with Gasteiger partial charge in [0.1, 0.15) is 23.7 Å². The van der Waals surface area contributed by atoms with Gasteiger partial charge in [-0.15, -0.1) is 0 Å². The number of nitrogens with zero attached hydrogens (tertiary/aromatic N) is 1. The van der Waals surface area contributed by atoms with Gasteiger partial charge in [0.15, 0.2) is 0 Å². The molecule has 4 atom stereocenters. The summed E-state index contributed by atoms with van der Waals surface area (Å²) in [5.74, 6) is -2.99. The second-order valence-corrected chi connectivity index (χ2v) is 14.5. The summed E-state index contributed by atoms with van der Waals surface area (Å²) in [6.07, 6.45) is 3.60. The van der Waals surface area contributed by atoms with E-state index >= 15 is 0 Å². The summed E-state index contributed by atoms with van der Waals surface area (Å²) < 4.78 is 0. The average Bonchev–Trinajstić information content (AvgIpc) is 3.13. The molecule has 3 rings (SSSR count). The Balaban J connectivity index is 1.76. The molecule has 0 unspecified atom stereocenters. The number of unbranched alkanes of at least 4 members (excludes halogenated alkanes) is 2. The molecule has 53 heavy (non-hydrogen) atoms. The Labute approximate surface area is 313 Å². The highest BCUT2D eigenvalue weighted by molar-refractivity contribution is 5.95. The Morgan fingerprint density at radius 2 is 1.30 bits per heavy atom. The zero-order valence-corrected chi connectivity index (χ0v) is 31.2. The Kier molecular flexibility index (Phi) is 17.9. The fourth-order valence-corrected chi connectivity index (χ4v) is 6.37. The molecule has 0 bridgehead atoms. The van der Waals surface area contributed by atoms with Crippen LogP contribution in [0.5, 0.6) is 0 Å². The summed E-state index contributed by atoms with van der Waals surface area (Å²) in [7, 11) is 0. The lowest BCUT2D eigenvalue weighted by Crippen LogP contribution is -2.60. The maximum atomic E-state index is 14.0. The van der Waals surface area contributed by atoms with E-state index in [0.717, 1.165) is 30.5 Å². The van der Waals surface area contributed by atoms with Crippen molar-refractivity contribution in [1.82, 2.24) is 26.2 Å². The number of nitrogens with two attached hydrogens (primary N) is 3. The highest BCUT2D eigenvalue weighted by Gasteiger charge is 2.40. The van der Waals surface area contributed by atoms with Crippen LogP contribution in [0.15, 0.2) is 60.7 Å². The van der Waals surface area contributed by atoms with E-state index in [9.17, 15) is 29.1 Å². The van der Waals surface area contributed by atoms with Gasteiger partial charge in [0.05, 0.1) is 6.04 Å². The van der Waals surface area contributed by atoms with Gasteiger partial charge in [-0.05, 0) is 62.1 Å². The number of rotatable bonds is 22. The summed E-state index contributed by atoms with van der Waals surface area (Å²) >= 11 is 0. The van der Waals surface area contributed by atoms with Crippen LogP contribution in [0.25, 0.3) is 0 Å². The molecule has 1 saturated heterocycles. The number of piperidine rings is 1. The molecule has 1 aliphatic heterocycles. The number of amides is 4. The zero-order valence-electron chi connectivity index (χ0n) is 31.2. The number of carbonyl (C=O) groups excluding carboxylic acids is 4. The van der Waals surface area contributed by atoms with Crippen LogP contribution in [0.3, 0.4) is 0 Å². The Morgan fingerprint density at radius 3 is 1.87 bits per heavy atom. The molecule has 1 heterocycles. The van der Waals surface area contributed by atoms with Gasteiger partial charge in [-0.3, -0.25) is 24.0 Å². The number of carboxylic acid groups (broad SMARTS) is 1. The molecule has 1 fully saturated rings. The number of benzene rings is 2. The third kappa shape index (κ3) is 14.5. The molecule has 0 spiro atoms. The molecule has 1 aliphatic rings. The molecule has 2 aromatic carbocycles. The number of hydrogen-bond donors (Lipinski definition) is 8. The van der Waals surface area contributed by atoms with Crippen molar-refractivity contribution in [3.8, 4) is 0 Å². The quantitative estimate of drug-likeness (QED) is 0.0793. The fraction of sp³-hybridized carbons (Fsp3) is 0.564. The lowest BCUT2D eigenvalue weighted by Gasteiger charge is -2.38. The van der Waals surface area contributed by atoms with Crippen LogP contribution in [0.4, 0.5) is 0 Å². The van der Waals surface area contributed by atoms with Crippen molar-refractivity contribution in [2.24, 2.45) is 23.1 Å². The molecule has 14 nitrogen and oxygen atoms in total. The van der Waals surface area contributed by atoms with E-state index in [1.54, 1.807) is 4.90 Å². The number of aliphatic carboxylic acids is 1. The van der Waals surface area contributed by atoms with Crippen molar-refractivity contribution in [2.75, 3.05) is 32.7 Å². The molecule has 4 amide bonds. The van der Waals surface area contributed by atoms with Crippen molar-refractivity contribution in [1.29, 1.82) is 0 Å². The normalized spacial score (nSPS) is 16.2. The number of carbonyl (C=O) groups is 5. The third-order valence-corrected chi connectivity index (χ3v) is 9.57. The molecule has 292 valence electrons. The Hall–Kier alpha value is -4.37. The summed E-state index contributed by atoms with van der Waals surface area (Å²) in [4.78, 5) is 68.4. The minimum Gasteiger partial charge on any atom is -0.480 e. The maximum Gasteiger partial charge on any atom is 0.323 e. The van der Waals surface area contributed by atoms with E-state index in [4.69, 9.17) is 17.2 Å². The monoisotopic (exact) mass is 736 g/mol. The fourth-order valence-electron chi connectivity index (χ4n) is 6.37. The lowest BCUT2D eigenvalue weighted by atomic mass is 9.88. The molecule has 0 radical (unpaired) electrons. The van der Waals surface area contributed by atoms with Gasteiger partial charge in [-0.2, -0.15) is 0 Å². The van der Waals surface area contributed by atoms with E-state index in [1.807, 2.05) is 74.5 Å². The number of likely N-dealkylation sites (tertiary alicyclic amines) is 1. The van der Waals surface area contributed by atoms with Crippen molar-refractivity contribution in [3.63, 3.8) is 0 Å². The van der Waals surface area contributed by atoms with Gasteiger partial charge in [-0.1, -0.05) is 87.4 Å². The topological polar surface area (TPSA) is 235 Å². The number of nitrogens with one attached hydrogen (secondary N) is 4. The van der Waals surface area contributed by atoms with Crippen LogP contribution < -0.4 is 38.5 Å². The largest absolute Gasteiger partial charge is 0.480 e. The Bertz CT molecular complexity index is 1450. The van der Waals surface area contributed by atoms with Crippen LogP contribution >= 0.6 is 0 Å². The van der Waals surface area contributed by atoms with Crippen LogP contribution in [-0.4, -0.2) is 102 Å². The van der Waals surface area contributed by atoms with Crippen LogP contribution in [0.2, 0.25) is 0 Å². The van der Waals surface area contributed by atoms with E-state index < -0.39 is 53.4 Å². The number of hydrogen-bond acceptors (Lipinski definition) is 9. The standard InChI is InChI=1S/C39H60N8O6/c1-27(2)24-32(46-36(50)33(26-29-14-8-4-9-15-29)45-34(48)30(41)25-28-12-6-3-7-13-28)35(49)44-31(16-10-5-11-20-43-21-19-40)37(51)47-22-17-39(42,18-23-47)38(52)53/h3-4,6-9,12-15,27,30-33,43H,5,10-11,16-26,40-42H2,1-2H3,(H,44,49)(H,45,48)(H,46,50)(H,52,53)/t30-,31-,32-,33-/m1/s1. The molecule has 14 heteroatoms. The van der Waals surface area contributed by atoms with E-state index in [2.05, 4.69) is 21.3 Å². The first kappa shape index (κ1) is 43.0. The molecule has 0 aliphatic carbocycles. The molecular formula is C39H60N8O6. The molecular weight excluding hydrogens is 676 g/mol. The zero-order chi connectivity index (χ0) is 38.8. The molecule has 0 saturated carbocycles. The Morgan fingerprint density at radius 1 is 0.755 bits per heavy atom. The van der Waals surface area contributed by atoms with Gasteiger partial charge < -0.3 is 48.5 Å². The smallest absolute Gasteiger partial charge is 0.323 e. The van der Waals surface area contributed by atoms with Gasteiger partial charge in [0, 0.05) is 32.6 Å². The molecule has 0 aromatic heterocycles. The average molecular weight is 737 g/mol. The summed E-state index contributed by atoms with van der Waals surface area (Å²) in [6.45, 7) is 6.18. The van der Waals surface area contributed by atoms with Crippen LogP contribution in [0.1, 0.15) is 69.9 Å². The summed E-state index contributed by atoms with van der Waals surface area (Å²) in [5.41, 5.74) is 18.2. The van der Waals surface area contributed by atoms with Gasteiger partial charge >= 0.3 is 5.97 Å². The first-order chi connectivity index (χ1) is 25.3. The van der Waals surface area contributed by atoms with E-state index in [0.29, 0.717) is 25.9 Å².